The summed E-state index contributed by atoms with van der Waals surface area (Å²) in [4.78, 5) is 32.6. The Labute approximate surface area is 260 Å². The molecule has 7 nitrogen and oxygen atoms in total. The van der Waals surface area contributed by atoms with Gasteiger partial charge in [-0.2, -0.15) is 26.3 Å². The van der Waals surface area contributed by atoms with Crippen molar-refractivity contribution in [1.82, 2.24) is 9.88 Å². The second kappa shape index (κ2) is 11.9. The van der Waals surface area contributed by atoms with Crippen molar-refractivity contribution < 1.29 is 31.1 Å². The predicted octanol–water partition coefficient (Wildman–Crippen LogP) is 6.76. The first-order valence-electron chi connectivity index (χ1n) is 15.1. The number of methoxy groups -OCH3 is 1. The van der Waals surface area contributed by atoms with Gasteiger partial charge in [0.25, 0.3) is 10.9 Å². The van der Waals surface area contributed by atoms with Crippen LogP contribution < -0.4 is 26.2 Å². The minimum absolute atomic E-state index is 0.0444. The smallest absolute Gasteiger partial charge is 0.416 e. The van der Waals surface area contributed by atoms with Gasteiger partial charge in [0.05, 0.1) is 29.8 Å². The third-order valence-corrected chi connectivity index (χ3v) is 9.49. The molecule has 4 unspecified atom stereocenters. The summed E-state index contributed by atoms with van der Waals surface area (Å²) < 4.78 is 86.0. The second-order valence-corrected chi connectivity index (χ2v) is 12.1. The van der Waals surface area contributed by atoms with Crippen LogP contribution >= 0.6 is 0 Å². The Morgan fingerprint density at radius 2 is 1.67 bits per heavy atom. The third-order valence-electron chi connectivity index (χ3n) is 9.49. The van der Waals surface area contributed by atoms with Crippen LogP contribution in [0, 0.1) is 11.8 Å². The van der Waals surface area contributed by atoms with E-state index in [1.807, 2.05) is 18.2 Å². The SMILES string of the molecule is CCC1CN2CCC1C[C@@H]2C(Nc1c(NCc2cc(C(F)(F)F)cc(C(F)(F)F)c2)c(=O)c1=O)c1ccnc2ccc(OC)cc12. The highest BCUT2D eigenvalue weighted by Crippen LogP contribution is 2.44. The van der Waals surface area contributed by atoms with Crippen LogP contribution in [0.2, 0.25) is 0 Å². The maximum Gasteiger partial charge on any atom is 0.416 e. The zero-order valence-electron chi connectivity index (χ0n) is 25.1. The summed E-state index contributed by atoms with van der Waals surface area (Å²) in [6.45, 7) is 3.38. The highest BCUT2D eigenvalue weighted by atomic mass is 19.4. The molecule has 2 N–H and O–H groups in total. The number of benzene rings is 2. The lowest BCUT2D eigenvalue weighted by molar-refractivity contribution is -0.143. The molecule has 4 heterocycles. The molecule has 0 saturated carbocycles. The van der Waals surface area contributed by atoms with E-state index in [9.17, 15) is 35.9 Å². The topological polar surface area (TPSA) is 83.6 Å². The molecular formula is C33H32F6N4O3. The third kappa shape index (κ3) is 5.92. The van der Waals surface area contributed by atoms with Crippen LogP contribution in [-0.4, -0.2) is 36.1 Å². The average molecular weight is 647 g/mol. The fraction of sp³-hybridized carbons (Fsp3) is 0.424. The molecule has 7 rings (SSSR count). The minimum atomic E-state index is -5.01. The lowest BCUT2D eigenvalue weighted by Gasteiger charge is -2.52. The first kappa shape index (κ1) is 31.8. The quantitative estimate of drug-likeness (QED) is 0.154. The zero-order chi connectivity index (χ0) is 33.0. The number of aromatic nitrogens is 1. The Hall–Kier alpha value is -4.13. The van der Waals surface area contributed by atoms with E-state index in [0.717, 1.165) is 43.3 Å². The van der Waals surface area contributed by atoms with Gasteiger partial charge in [-0.25, -0.2) is 0 Å². The first-order chi connectivity index (χ1) is 21.8. The Bertz CT molecular complexity index is 1800. The van der Waals surface area contributed by atoms with Crippen LogP contribution in [0.5, 0.6) is 5.75 Å². The van der Waals surface area contributed by atoms with E-state index >= 15 is 0 Å². The minimum Gasteiger partial charge on any atom is -0.497 e. The van der Waals surface area contributed by atoms with Crippen molar-refractivity contribution in [3.63, 3.8) is 0 Å². The highest BCUT2D eigenvalue weighted by molar-refractivity contribution is 5.85. The molecule has 0 aliphatic carbocycles. The van der Waals surface area contributed by atoms with E-state index in [1.165, 1.54) is 0 Å². The molecule has 2 bridgehead atoms. The molecule has 3 aliphatic heterocycles. The van der Waals surface area contributed by atoms with Crippen molar-refractivity contribution in [1.29, 1.82) is 0 Å². The van der Waals surface area contributed by atoms with Crippen molar-refractivity contribution >= 4 is 22.3 Å². The number of hydrogen-bond donors (Lipinski definition) is 2. The Morgan fingerprint density at radius 3 is 2.28 bits per heavy atom. The summed E-state index contributed by atoms with van der Waals surface area (Å²) in [5.41, 5.74) is -3.70. The second-order valence-electron chi connectivity index (χ2n) is 12.1. The monoisotopic (exact) mass is 646 g/mol. The molecular weight excluding hydrogens is 614 g/mol. The molecule has 5 atom stereocenters. The number of nitrogens with one attached hydrogen (secondary N) is 2. The summed E-state index contributed by atoms with van der Waals surface area (Å²) >= 11 is 0. The van der Waals surface area contributed by atoms with E-state index in [0.29, 0.717) is 35.2 Å². The van der Waals surface area contributed by atoms with Crippen molar-refractivity contribution in [2.75, 3.05) is 30.8 Å². The van der Waals surface area contributed by atoms with Gasteiger partial charge in [0.1, 0.15) is 17.1 Å². The van der Waals surface area contributed by atoms with E-state index in [-0.39, 0.29) is 29.0 Å². The molecule has 0 spiro atoms. The van der Waals surface area contributed by atoms with E-state index in [2.05, 4.69) is 27.4 Å². The van der Waals surface area contributed by atoms with Gasteiger partial charge in [-0.15, -0.1) is 0 Å². The highest BCUT2D eigenvalue weighted by Gasteiger charge is 2.44. The van der Waals surface area contributed by atoms with E-state index in [1.54, 1.807) is 19.4 Å². The first-order valence-corrected chi connectivity index (χ1v) is 15.1. The van der Waals surface area contributed by atoms with Crippen LogP contribution in [0.1, 0.15) is 54.5 Å². The number of pyridine rings is 1. The number of fused-ring (bicyclic) bond motifs is 4. The standard InChI is InChI=1S/C33H32F6N4O3/c1-3-18-16-43-9-7-19(18)12-26(43)27(23-6-8-40-25-5-4-22(46-2)14-24(23)25)42-29-28(30(44)31(29)45)41-15-17-10-20(32(34,35)36)13-21(11-17)33(37,38)39/h4-6,8,10-11,13-14,18-19,26-27,41-42H,3,7,9,12,15-16H2,1-2H3/t18?,19?,26-,27?/m1/s1. The maximum atomic E-state index is 13.4. The number of halogens is 6. The molecule has 4 aromatic rings. The molecule has 1 aromatic heterocycles. The molecule has 13 heteroatoms. The van der Waals surface area contributed by atoms with Gasteiger partial charge < -0.3 is 15.4 Å². The van der Waals surface area contributed by atoms with Crippen LogP contribution in [0.25, 0.3) is 10.9 Å². The fourth-order valence-corrected chi connectivity index (χ4v) is 7.08. The van der Waals surface area contributed by atoms with Gasteiger partial charge >= 0.3 is 12.4 Å². The van der Waals surface area contributed by atoms with Gasteiger partial charge in [0, 0.05) is 30.7 Å². The van der Waals surface area contributed by atoms with E-state index < -0.39 is 46.9 Å². The number of anilines is 2. The molecule has 3 fully saturated rings. The van der Waals surface area contributed by atoms with Crippen LogP contribution in [0.15, 0.2) is 58.3 Å². The zero-order valence-corrected chi connectivity index (χ0v) is 25.1. The number of piperidine rings is 3. The number of alkyl halides is 6. The summed E-state index contributed by atoms with van der Waals surface area (Å²) in [5.74, 6) is 1.62. The molecule has 3 saturated heterocycles. The Kier molecular flexibility index (Phi) is 8.24. The van der Waals surface area contributed by atoms with Crippen LogP contribution in [-0.2, 0) is 18.9 Å². The molecule has 3 aromatic carbocycles. The normalized spacial score (nSPS) is 22.3. The van der Waals surface area contributed by atoms with Crippen molar-refractivity contribution in [2.45, 2.75) is 57.2 Å². The van der Waals surface area contributed by atoms with E-state index in [4.69, 9.17) is 4.74 Å². The molecule has 46 heavy (non-hydrogen) atoms. The molecule has 0 radical (unpaired) electrons. The molecule has 0 amide bonds. The number of rotatable bonds is 9. The Balaban J connectivity index is 1.36. The summed E-state index contributed by atoms with van der Waals surface area (Å²) in [6.07, 6.45) is -5.43. The van der Waals surface area contributed by atoms with Crippen molar-refractivity contribution in [3.05, 3.63) is 91.4 Å². The van der Waals surface area contributed by atoms with Gasteiger partial charge in [-0.3, -0.25) is 19.5 Å². The largest absolute Gasteiger partial charge is 0.497 e. The number of hydrogen-bond acceptors (Lipinski definition) is 7. The van der Waals surface area contributed by atoms with Crippen molar-refractivity contribution in [2.24, 2.45) is 11.8 Å². The lowest BCUT2D eigenvalue weighted by Crippen LogP contribution is -2.56. The van der Waals surface area contributed by atoms with Crippen LogP contribution in [0.3, 0.4) is 0 Å². The van der Waals surface area contributed by atoms with Crippen molar-refractivity contribution in [3.8, 4) is 5.75 Å². The maximum absolute atomic E-state index is 13.4. The Morgan fingerprint density at radius 1 is 0.978 bits per heavy atom. The van der Waals surface area contributed by atoms with Gasteiger partial charge in [0.15, 0.2) is 0 Å². The van der Waals surface area contributed by atoms with Gasteiger partial charge in [-0.1, -0.05) is 13.3 Å². The molecule has 244 valence electrons. The van der Waals surface area contributed by atoms with Gasteiger partial charge in [-0.05, 0) is 84.8 Å². The number of nitrogens with zero attached hydrogens (tertiary/aromatic N) is 2. The average Bonchev–Trinajstić information content (AvgIpc) is 3.04. The summed E-state index contributed by atoms with van der Waals surface area (Å²) in [5, 5.41) is 6.74. The van der Waals surface area contributed by atoms with Gasteiger partial charge in [0.2, 0.25) is 0 Å². The summed E-state index contributed by atoms with van der Waals surface area (Å²) in [6, 6.07) is 7.99. The lowest BCUT2D eigenvalue weighted by atomic mass is 9.72. The summed E-state index contributed by atoms with van der Waals surface area (Å²) in [7, 11) is 1.55. The fourth-order valence-electron chi connectivity index (χ4n) is 7.08. The molecule has 3 aliphatic rings. The predicted molar refractivity (Wildman–Crippen MR) is 162 cm³/mol. The number of ether oxygens (including phenoxy) is 1. The van der Waals surface area contributed by atoms with Crippen LogP contribution in [0.4, 0.5) is 37.7 Å².